The highest BCUT2D eigenvalue weighted by atomic mass is 19.4. The molecule has 0 aromatic heterocycles. The van der Waals surface area contributed by atoms with Crippen molar-refractivity contribution in [3.63, 3.8) is 0 Å². The molecule has 0 saturated carbocycles. The molecule has 0 spiro atoms. The van der Waals surface area contributed by atoms with Crippen molar-refractivity contribution in [3.05, 3.63) is 88.7 Å². The molecule has 3 aromatic rings. The number of aldehydes is 2. The van der Waals surface area contributed by atoms with Gasteiger partial charge in [0.15, 0.2) is 6.29 Å². The Labute approximate surface area is 239 Å². The third kappa shape index (κ3) is 5.82. The average Bonchev–Trinajstić information content (AvgIpc) is 2.95. The summed E-state index contributed by atoms with van der Waals surface area (Å²) in [6.45, 7) is -0.245. The minimum Gasteiger partial charge on any atom is -0.388 e. The molecular weight excluding hydrogens is 554 g/mol. The smallest absolute Gasteiger partial charge is 0.388 e. The highest BCUT2D eigenvalue weighted by molar-refractivity contribution is 6.04. The normalized spacial score (nSPS) is 14.1. The van der Waals surface area contributed by atoms with Crippen LogP contribution < -0.4 is 15.1 Å². The molecule has 0 aliphatic carbocycles. The molecule has 4 rings (SSSR count). The number of likely N-dealkylation sites (N-methyl/N-ethyl adjacent to an activating group) is 1. The summed E-state index contributed by atoms with van der Waals surface area (Å²) >= 11 is 0. The predicted molar refractivity (Wildman–Crippen MR) is 149 cm³/mol. The van der Waals surface area contributed by atoms with Crippen LogP contribution in [0.2, 0.25) is 0 Å². The fourth-order valence-electron chi connectivity index (χ4n) is 5.02. The Hall–Kier alpha value is -4.76. The topological polar surface area (TPSA) is 96.8 Å². The van der Waals surface area contributed by atoms with Gasteiger partial charge in [-0.3, -0.25) is 14.5 Å². The number of amides is 1. The molecule has 1 aliphatic rings. The van der Waals surface area contributed by atoms with Crippen molar-refractivity contribution in [3.8, 4) is 6.07 Å². The van der Waals surface area contributed by atoms with Gasteiger partial charge in [0.25, 0.3) is 5.91 Å². The van der Waals surface area contributed by atoms with Gasteiger partial charge in [-0.1, -0.05) is 12.1 Å². The Bertz CT molecular complexity index is 1530. The number of rotatable bonds is 10. The van der Waals surface area contributed by atoms with Gasteiger partial charge in [-0.15, -0.1) is 0 Å². The molecule has 42 heavy (non-hydrogen) atoms. The molecule has 1 amide bonds. The van der Waals surface area contributed by atoms with Crippen LogP contribution in [0.1, 0.15) is 27.0 Å². The van der Waals surface area contributed by atoms with Crippen molar-refractivity contribution in [2.45, 2.75) is 18.3 Å². The Morgan fingerprint density at radius 3 is 2.33 bits per heavy atom. The lowest BCUT2D eigenvalue weighted by atomic mass is 9.84. The van der Waals surface area contributed by atoms with Gasteiger partial charge in [-0.05, 0) is 61.1 Å². The maximum Gasteiger partial charge on any atom is 0.416 e. The van der Waals surface area contributed by atoms with Crippen LogP contribution in [0.15, 0.2) is 60.7 Å². The van der Waals surface area contributed by atoms with E-state index >= 15 is 4.39 Å². The third-order valence-corrected chi connectivity index (χ3v) is 7.40. The number of benzene rings is 3. The molecule has 1 fully saturated rings. The highest BCUT2D eigenvalue weighted by Crippen LogP contribution is 2.37. The Balaban J connectivity index is 1.70. The summed E-state index contributed by atoms with van der Waals surface area (Å²) in [5, 5.41) is 12.0. The summed E-state index contributed by atoms with van der Waals surface area (Å²) in [7, 11) is 3.30. The summed E-state index contributed by atoms with van der Waals surface area (Å²) < 4.78 is 54.3. The van der Waals surface area contributed by atoms with Gasteiger partial charge in [0.1, 0.15) is 17.6 Å². The molecule has 8 nitrogen and oxygen atoms in total. The Kier molecular flexibility index (Phi) is 8.63. The van der Waals surface area contributed by atoms with Crippen molar-refractivity contribution >= 4 is 35.5 Å². The number of nitriles is 1. The van der Waals surface area contributed by atoms with Crippen LogP contribution in [0.5, 0.6) is 0 Å². The molecule has 1 heterocycles. The van der Waals surface area contributed by atoms with E-state index in [1.807, 2.05) is 11.0 Å². The first-order chi connectivity index (χ1) is 20.0. The fraction of sp³-hybridized carbons (Fsp3) is 0.267. The Morgan fingerprint density at radius 1 is 1.10 bits per heavy atom. The van der Waals surface area contributed by atoms with E-state index in [9.17, 15) is 27.6 Å². The van der Waals surface area contributed by atoms with Crippen molar-refractivity contribution in [1.29, 1.82) is 5.26 Å². The lowest BCUT2D eigenvalue weighted by molar-refractivity contribution is -0.137. The summed E-state index contributed by atoms with van der Waals surface area (Å²) in [4.78, 5) is 42.0. The summed E-state index contributed by atoms with van der Waals surface area (Å²) in [6.07, 6.45) is -3.34. The van der Waals surface area contributed by atoms with Crippen molar-refractivity contribution in [2.75, 3.05) is 48.8 Å². The van der Waals surface area contributed by atoms with E-state index in [0.29, 0.717) is 35.1 Å². The summed E-state index contributed by atoms with van der Waals surface area (Å²) in [5.41, 5.74) is -0.112. The lowest BCUT2D eigenvalue weighted by Gasteiger charge is -2.55. The number of anilines is 3. The largest absolute Gasteiger partial charge is 0.416 e. The van der Waals surface area contributed by atoms with E-state index in [2.05, 4.69) is 5.32 Å². The zero-order chi connectivity index (χ0) is 30.7. The molecule has 0 atom stereocenters. The van der Waals surface area contributed by atoms with Crippen LogP contribution in [0, 0.1) is 17.1 Å². The van der Waals surface area contributed by atoms with E-state index in [0.717, 1.165) is 23.1 Å². The average molecular weight is 582 g/mol. The first-order valence-corrected chi connectivity index (χ1v) is 12.8. The minimum absolute atomic E-state index is 0.0368. The zero-order valence-electron chi connectivity index (χ0n) is 22.8. The number of hydrogen-bond donors (Lipinski definition) is 1. The maximum atomic E-state index is 15.0. The first-order valence-electron chi connectivity index (χ1n) is 12.8. The van der Waals surface area contributed by atoms with Gasteiger partial charge < -0.3 is 19.9 Å². The van der Waals surface area contributed by atoms with Gasteiger partial charge in [0, 0.05) is 43.6 Å². The minimum atomic E-state index is -4.50. The number of hydrogen-bond acceptors (Lipinski definition) is 7. The molecular formula is C30H27F4N5O3. The lowest BCUT2D eigenvalue weighted by Crippen LogP contribution is -2.76. The van der Waals surface area contributed by atoms with Crippen LogP contribution in [-0.2, 0) is 22.3 Å². The maximum absolute atomic E-state index is 15.0. The second-order valence-electron chi connectivity index (χ2n) is 9.94. The van der Waals surface area contributed by atoms with Crippen LogP contribution in [-0.4, -0.2) is 62.6 Å². The fourth-order valence-corrected chi connectivity index (χ4v) is 5.02. The first kappa shape index (κ1) is 30.2. The zero-order valence-corrected chi connectivity index (χ0v) is 22.8. The molecule has 1 saturated heterocycles. The number of nitrogens with zero attached hydrogens (tertiary/aromatic N) is 4. The van der Waals surface area contributed by atoms with Crippen molar-refractivity contribution in [2.24, 2.45) is 0 Å². The van der Waals surface area contributed by atoms with Gasteiger partial charge in [0.2, 0.25) is 0 Å². The van der Waals surface area contributed by atoms with Crippen molar-refractivity contribution in [1.82, 2.24) is 4.90 Å². The van der Waals surface area contributed by atoms with Crippen LogP contribution in [0.25, 0.3) is 0 Å². The number of halogens is 4. The van der Waals surface area contributed by atoms with Gasteiger partial charge >= 0.3 is 6.18 Å². The molecule has 0 unspecified atom stereocenters. The van der Waals surface area contributed by atoms with Gasteiger partial charge in [-0.25, -0.2) is 4.39 Å². The number of carbonyl (C=O) groups is 3. The van der Waals surface area contributed by atoms with E-state index in [4.69, 9.17) is 5.26 Å². The van der Waals surface area contributed by atoms with Crippen molar-refractivity contribution < 1.29 is 31.9 Å². The van der Waals surface area contributed by atoms with Gasteiger partial charge in [0.05, 0.1) is 29.4 Å². The van der Waals surface area contributed by atoms with Crippen LogP contribution in [0.4, 0.5) is 34.6 Å². The molecule has 0 bridgehead atoms. The summed E-state index contributed by atoms with van der Waals surface area (Å²) in [6, 6.07) is 15.1. The number of alkyl halides is 3. The van der Waals surface area contributed by atoms with E-state index in [-0.39, 0.29) is 30.9 Å². The second-order valence-corrected chi connectivity index (χ2v) is 9.94. The van der Waals surface area contributed by atoms with Gasteiger partial charge in [-0.2, -0.15) is 18.4 Å². The quantitative estimate of drug-likeness (QED) is 0.278. The number of carbonyl (C=O) groups excluding carboxylic acids is 3. The molecule has 218 valence electrons. The molecule has 1 aliphatic heterocycles. The highest BCUT2D eigenvalue weighted by Gasteiger charge is 2.54. The third-order valence-electron chi connectivity index (χ3n) is 7.40. The Morgan fingerprint density at radius 2 is 1.79 bits per heavy atom. The summed E-state index contributed by atoms with van der Waals surface area (Å²) in [5.74, 6) is -1.47. The van der Waals surface area contributed by atoms with E-state index in [1.165, 1.54) is 24.3 Å². The molecule has 0 radical (unpaired) electrons. The van der Waals surface area contributed by atoms with Crippen LogP contribution in [0.3, 0.4) is 0 Å². The molecule has 12 heteroatoms. The second kappa shape index (κ2) is 12.0. The van der Waals surface area contributed by atoms with E-state index < -0.39 is 35.5 Å². The SMILES string of the molecule is CNc1ccc(N2CC(C(=O)N(CC=O)c3ccc(C#N)cc3F)(N(C)Cc3ccc(C(F)(F)F)cc3)C2)cc1C=O. The monoisotopic (exact) mass is 581 g/mol. The standard InChI is InChI=1S/C30H27F4N5O3/c1-36-26-9-8-24(14-22(26)17-41)38-18-29(19-38,37(2)16-20-3-6-23(7-4-20)30(32,33)34)28(42)39(11-12-40)27-10-5-21(15-35)13-25(27)31/h3-10,12-14,17,36H,11,16,18-19H2,1-2H3. The van der Waals surface area contributed by atoms with E-state index in [1.54, 1.807) is 37.2 Å². The molecule has 1 N–H and O–H groups in total. The predicted octanol–water partition coefficient (Wildman–Crippen LogP) is 4.49. The molecule has 3 aromatic carbocycles. The van der Waals surface area contributed by atoms with Crippen LogP contribution >= 0.6 is 0 Å². The number of nitrogens with one attached hydrogen (secondary N) is 1.